The van der Waals surface area contributed by atoms with Gasteiger partial charge in [-0.15, -0.1) is 0 Å². The van der Waals surface area contributed by atoms with Crippen molar-refractivity contribution in [1.29, 1.82) is 0 Å². The van der Waals surface area contributed by atoms with Gasteiger partial charge < -0.3 is 9.80 Å². The van der Waals surface area contributed by atoms with E-state index in [0.717, 1.165) is 0 Å². The molecule has 184 valence electrons. The van der Waals surface area contributed by atoms with Crippen molar-refractivity contribution in [2.75, 3.05) is 0 Å². The first kappa shape index (κ1) is 24.9. The quantitative estimate of drug-likeness (QED) is 0.365. The van der Waals surface area contributed by atoms with Gasteiger partial charge >= 0.3 is 0 Å². The monoisotopic (exact) mass is 458 g/mol. The Bertz CT molecular complexity index is 812. The zero-order valence-electron chi connectivity index (χ0n) is 22.0. The number of hydrogen-bond donors (Lipinski definition) is 0. The molecule has 2 aromatic rings. The molecule has 4 rings (SSSR count). The first-order valence-corrected chi connectivity index (χ1v) is 14.0. The topological polar surface area (TPSA) is 6.48 Å². The maximum atomic E-state index is 2.81. The minimum atomic E-state index is 0.456. The summed E-state index contributed by atoms with van der Waals surface area (Å²) in [6.07, 6.45) is 13.4. The van der Waals surface area contributed by atoms with E-state index in [-0.39, 0.29) is 0 Å². The molecule has 0 aromatic heterocycles. The fraction of sp³-hybridized carbons (Fsp3) is 0.562. The van der Waals surface area contributed by atoms with Crippen molar-refractivity contribution in [3.8, 4) is 0 Å². The van der Waals surface area contributed by atoms with Crippen LogP contribution >= 0.6 is 0 Å². The summed E-state index contributed by atoms with van der Waals surface area (Å²) in [5.41, 5.74) is 5.63. The van der Waals surface area contributed by atoms with E-state index in [9.17, 15) is 0 Å². The van der Waals surface area contributed by atoms with Crippen LogP contribution in [-0.4, -0.2) is 34.0 Å². The van der Waals surface area contributed by atoms with Crippen molar-refractivity contribution in [2.45, 2.75) is 116 Å². The third-order valence-electron chi connectivity index (χ3n) is 7.88. The summed E-state index contributed by atoms with van der Waals surface area (Å²) in [4.78, 5) is 5.63. The maximum absolute atomic E-state index is 2.81. The third kappa shape index (κ3) is 5.70. The minimum absolute atomic E-state index is 0.456. The molecule has 0 aliphatic heterocycles. The van der Waals surface area contributed by atoms with Crippen LogP contribution in [-0.2, 0) is 0 Å². The van der Waals surface area contributed by atoms with Gasteiger partial charge in [-0.2, -0.15) is 0 Å². The molecule has 0 unspecified atom stereocenters. The molecule has 0 radical (unpaired) electrons. The van der Waals surface area contributed by atoms with E-state index in [4.69, 9.17) is 0 Å². The van der Waals surface area contributed by atoms with Crippen LogP contribution in [0, 0.1) is 0 Å². The SMILES string of the molecule is CC(C)N(/C(=C(\c1ccccc1)N(C(C)C)C1CCCCC1)c1ccccc1)C1CCCCC1. The molecular weight excluding hydrogens is 412 g/mol. The van der Waals surface area contributed by atoms with Crippen LogP contribution in [0.5, 0.6) is 0 Å². The average Bonchev–Trinajstić information content (AvgIpc) is 2.87. The van der Waals surface area contributed by atoms with E-state index in [0.29, 0.717) is 24.2 Å². The van der Waals surface area contributed by atoms with E-state index >= 15 is 0 Å². The van der Waals surface area contributed by atoms with Crippen LogP contribution in [0.15, 0.2) is 60.7 Å². The Balaban J connectivity index is 1.99. The second kappa shape index (κ2) is 12.0. The average molecular weight is 459 g/mol. The van der Waals surface area contributed by atoms with Crippen molar-refractivity contribution in [2.24, 2.45) is 0 Å². The molecule has 0 heterocycles. The lowest BCUT2D eigenvalue weighted by molar-refractivity contribution is 0.178. The van der Waals surface area contributed by atoms with Gasteiger partial charge in [0.05, 0.1) is 11.4 Å². The maximum Gasteiger partial charge on any atom is 0.0688 e. The molecule has 34 heavy (non-hydrogen) atoms. The molecule has 2 aliphatic rings. The summed E-state index contributed by atoms with van der Waals surface area (Å²) >= 11 is 0. The first-order chi connectivity index (χ1) is 16.6. The highest BCUT2D eigenvalue weighted by Gasteiger charge is 2.33. The van der Waals surface area contributed by atoms with Crippen molar-refractivity contribution in [3.63, 3.8) is 0 Å². The highest BCUT2D eigenvalue weighted by Crippen LogP contribution is 2.41. The Labute approximate surface area is 209 Å². The predicted octanol–water partition coefficient (Wildman–Crippen LogP) is 8.60. The van der Waals surface area contributed by atoms with Gasteiger partial charge in [-0.1, -0.05) is 99.2 Å². The lowest BCUT2D eigenvalue weighted by Gasteiger charge is -2.47. The summed E-state index contributed by atoms with van der Waals surface area (Å²) in [5.74, 6) is 0. The van der Waals surface area contributed by atoms with Gasteiger partial charge in [0.1, 0.15) is 0 Å². The van der Waals surface area contributed by atoms with Gasteiger partial charge in [-0.3, -0.25) is 0 Å². The summed E-state index contributed by atoms with van der Waals surface area (Å²) < 4.78 is 0. The van der Waals surface area contributed by atoms with Gasteiger partial charge in [-0.05, 0) is 64.5 Å². The van der Waals surface area contributed by atoms with Crippen LogP contribution in [0.3, 0.4) is 0 Å². The predicted molar refractivity (Wildman–Crippen MR) is 147 cm³/mol. The highest BCUT2D eigenvalue weighted by molar-refractivity contribution is 5.89. The Morgan fingerprint density at radius 3 is 1.15 bits per heavy atom. The van der Waals surface area contributed by atoms with E-state index in [2.05, 4.69) is 98.2 Å². The lowest BCUT2D eigenvalue weighted by atomic mass is 9.89. The van der Waals surface area contributed by atoms with Gasteiger partial charge in [0.15, 0.2) is 0 Å². The molecule has 2 fully saturated rings. The standard InChI is InChI=1S/C32H46N2/c1-25(2)33(29-21-13-7-14-22-29)31(27-17-9-5-10-18-27)32(28-19-11-6-12-20-28)34(26(3)4)30-23-15-8-16-24-30/h5-6,9-12,17-20,25-26,29-30H,7-8,13-16,21-24H2,1-4H3/b32-31+. The Kier molecular flexibility index (Phi) is 8.75. The van der Waals surface area contributed by atoms with E-state index in [1.54, 1.807) is 0 Å². The van der Waals surface area contributed by atoms with Crippen LogP contribution in [0.1, 0.15) is 103 Å². The molecule has 0 atom stereocenters. The molecule has 2 nitrogen and oxygen atoms in total. The van der Waals surface area contributed by atoms with Crippen LogP contribution in [0.25, 0.3) is 11.4 Å². The first-order valence-electron chi connectivity index (χ1n) is 14.0. The molecule has 0 saturated heterocycles. The molecule has 2 aliphatic carbocycles. The van der Waals surface area contributed by atoms with Crippen molar-refractivity contribution < 1.29 is 0 Å². The van der Waals surface area contributed by atoms with Crippen molar-refractivity contribution >= 4 is 11.4 Å². The Hall–Kier alpha value is -2.22. The third-order valence-corrected chi connectivity index (χ3v) is 7.88. The second-order valence-corrected chi connectivity index (χ2v) is 11.0. The molecule has 2 heteroatoms. The van der Waals surface area contributed by atoms with Gasteiger partial charge in [0, 0.05) is 24.2 Å². The highest BCUT2D eigenvalue weighted by atomic mass is 15.3. The zero-order chi connectivity index (χ0) is 23.9. The fourth-order valence-corrected chi connectivity index (χ4v) is 6.45. The molecule has 0 amide bonds. The van der Waals surface area contributed by atoms with E-state index in [1.807, 2.05) is 0 Å². The second-order valence-electron chi connectivity index (χ2n) is 11.0. The summed E-state index contributed by atoms with van der Waals surface area (Å²) in [7, 11) is 0. The summed E-state index contributed by atoms with van der Waals surface area (Å²) in [5, 5.41) is 0. The molecular formula is C32H46N2. The van der Waals surface area contributed by atoms with Gasteiger partial charge in [0.25, 0.3) is 0 Å². The van der Waals surface area contributed by atoms with E-state index < -0.39 is 0 Å². The fourth-order valence-electron chi connectivity index (χ4n) is 6.45. The smallest absolute Gasteiger partial charge is 0.0688 e. The van der Waals surface area contributed by atoms with E-state index in [1.165, 1.54) is 86.7 Å². The summed E-state index contributed by atoms with van der Waals surface area (Å²) in [6, 6.07) is 24.7. The molecule has 0 bridgehead atoms. The normalized spacial score (nSPS) is 18.8. The largest absolute Gasteiger partial charge is 0.364 e. The number of rotatable bonds is 8. The van der Waals surface area contributed by atoms with Crippen molar-refractivity contribution in [3.05, 3.63) is 71.8 Å². The molecule has 2 saturated carbocycles. The van der Waals surface area contributed by atoms with Crippen molar-refractivity contribution in [1.82, 2.24) is 9.80 Å². The molecule has 0 N–H and O–H groups in total. The van der Waals surface area contributed by atoms with Crippen LogP contribution in [0.4, 0.5) is 0 Å². The number of benzene rings is 2. The number of nitrogens with zero attached hydrogens (tertiary/aromatic N) is 2. The Morgan fingerprint density at radius 2 is 0.853 bits per heavy atom. The van der Waals surface area contributed by atoms with Crippen LogP contribution < -0.4 is 0 Å². The molecule has 0 spiro atoms. The lowest BCUT2D eigenvalue weighted by Crippen LogP contribution is -2.45. The minimum Gasteiger partial charge on any atom is -0.364 e. The van der Waals surface area contributed by atoms with Crippen LogP contribution in [0.2, 0.25) is 0 Å². The number of hydrogen-bond acceptors (Lipinski definition) is 2. The Morgan fingerprint density at radius 1 is 0.529 bits per heavy atom. The van der Waals surface area contributed by atoms with Gasteiger partial charge in [-0.25, -0.2) is 0 Å². The zero-order valence-corrected chi connectivity index (χ0v) is 22.0. The molecule has 2 aromatic carbocycles. The summed E-state index contributed by atoms with van der Waals surface area (Å²) in [6.45, 7) is 9.61. The van der Waals surface area contributed by atoms with Gasteiger partial charge in [0.2, 0.25) is 0 Å².